The monoisotopic (exact) mass is 484 g/mol. The van der Waals surface area contributed by atoms with Gasteiger partial charge >= 0.3 is 0 Å². The molecule has 1 N–H and O–H groups in total. The molecule has 5 nitrogen and oxygen atoms in total. The number of rotatable bonds is 9. The van der Waals surface area contributed by atoms with Crippen LogP contribution in [0.5, 0.6) is 11.5 Å². The Morgan fingerprint density at radius 3 is 1.86 bits per heavy atom. The highest BCUT2D eigenvalue weighted by molar-refractivity contribution is 6.30. The van der Waals surface area contributed by atoms with Crippen molar-refractivity contribution in [2.75, 3.05) is 0 Å². The Hall–Kier alpha value is -4.09. The molecule has 0 saturated heterocycles. The molecule has 0 bridgehead atoms. The van der Waals surface area contributed by atoms with Gasteiger partial charge in [-0.1, -0.05) is 53.6 Å². The van der Waals surface area contributed by atoms with Crippen LogP contribution in [-0.4, -0.2) is 12.1 Å². The molecular weight excluding hydrogens is 460 g/mol. The van der Waals surface area contributed by atoms with Gasteiger partial charge in [-0.25, -0.2) is 5.43 Å². The molecule has 0 fully saturated rings. The van der Waals surface area contributed by atoms with Gasteiger partial charge in [0.2, 0.25) is 0 Å². The van der Waals surface area contributed by atoms with E-state index in [4.69, 9.17) is 21.1 Å². The van der Waals surface area contributed by atoms with Gasteiger partial charge in [-0.2, -0.15) is 5.10 Å². The second-order valence-corrected chi connectivity index (χ2v) is 8.42. The summed E-state index contributed by atoms with van der Waals surface area (Å²) in [5.41, 5.74) is 7.21. The van der Waals surface area contributed by atoms with Crippen LogP contribution < -0.4 is 14.9 Å². The third kappa shape index (κ3) is 7.45. The summed E-state index contributed by atoms with van der Waals surface area (Å²) in [6.45, 7) is 2.98. The predicted octanol–water partition coefficient (Wildman–Crippen LogP) is 6.57. The number of hydrogen-bond donors (Lipinski definition) is 1. The van der Waals surface area contributed by atoms with Gasteiger partial charge in [0, 0.05) is 10.6 Å². The molecular formula is C29H25ClN2O3. The SMILES string of the molecule is Cc1ccc(COc2ccc(C(=O)NN=Cc3ccc(OCc4ccc(Cl)cc4)cc3)cc2)cc1. The molecule has 0 radical (unpaired) electrons. The number of halogens is 1. The van der Waals surface area contributed by atoms with Crippen LogP contribution in [0.15, 0.2) is 102 Å². The number of amides is 1. The van der Waals surface area contributed by atoms with E-state index < -0.39 is 0 Å². The summed E-state index contributed by atoms with van der Waals surface area (Å²) in [7, 11) is 0. The lowest BCUT2D eigenvalue weighted by Gasteiger charge is -2.07. The van der Waals surface area contributed by atoms with Gasteiger partial charge in [-0.05, 0) is 84.3 Å². The van der Waals surface area contributed by atoms with E-state index >= 15 is 0 Å². The highest BCUT2D eigenvalue weighted by atomic mass is 35.5. The molecule has 0 unspecified atom stereocenters. The van der Waals surface area contributed by atoms with Crippen molar-refractivity contribution in [1.82, 2.24) is 5.43 Å². The lowest BCUT2D eigenvalue weighted by Crippen LogP contribution is -2.17. The van der Waals surface area contributed by atoms with Gasteiger partial charge in [0.25, 0.3) is 5.91 Å². The first-order valence-electron chi connectivity index (χ1n) is 11.1. The lowest BCUT2D eigenvalue weighted by molar-refractivity contribution is 0.0955. The number of hydrazone groups is 1. The molecule has 35 heavy (non-hydrogen) atoms. The number of carbonyl (C=O) groups excluding carboxylic acids is 1. The number of nitrogens with one attached hydrogen (secondary N) is 1. The average Bonchev–Trinajstić information content (AvgIpc) is 2.89. The van der Waals surface area contributed by atoms with Gasteiger partial charge in [-0.3, -0.25) is 4.79 Å². The van der Waals surface area contributed by atoms with Gasteiger partial charge in [0.05, 0.1) is 6.21 Å². The molecule has 0 saturated carbocycles. The van der Waals surface area contributed by atoms with Crippen molar-refractivity contribution in [1.29, 1.82) is 0 Å². The second kappa shape index (κ2) is 11.9. The van der Waals surface area contributed by atoms with Crippen molar-refractivity contribution >= 4 is 23.7 Å². The molecule has 4 aromatic rings. The summed E-state index contributed by atoms with van der Waals surface area (Å²) < 4.78 is 11.6. The Morgan fingerprint density at radius 1 is 0.771 bits per heavy atom. The van der Waals surface area contributed by atoms with Crippen LogP contribution in [0.25, 0.3) is 0 Å². The van der Waals surface area contributed by atoms with E-state index in [1.165, 1.54) is 5.56 Å². The molecule has 4 rings (SSSR count). The van der Waals surface area contributed by atoms with Gasteiger partial charge < -0.3 is 9.47 Å². The third-order valence-electron chi connectivity index (χ3n) is 5.22. The van der Waals surface area contributed by atoms with Crippen molar-refractivity contribution in [3.05, 3.63) is 130 Å². The normalized spacial score (nSPS) is 10.8. The van der Waals surface area contributed by atoms with E-state index in [0.717, 1.165) is 22.4 Å². The standard InChI is InChI=1S/C29H25ClN2O3/c1-21-2-4-23(5-3-21)19-35-28-16-10-25(11-17-28)29(33)32-31-18-22-8-14-27(15-9-22)34-20-24-6-12-26(30)13-7-24/h2-18H,19-20H2,1H3,(H,32,33). The van der Waals surface area contributed by atoms with Crippen LogP contribution in [-0.2, 0) is 13.2 Å². The van der Waals surface area contributed by atoms with E-state index in [2.05, 4.69) is 29.6 Å². The van der Waals surface area contributed by atoms with Gasteiger partial charge in [0.1, 0.15) is 24.7 Å². The Kier molecular flexibility index (Phi) is 8.15. The summed E-state index contributed by atoms with van der Waals surface area (Å²) in [6.07, 6.45) is 1.58. The fourth-order valence-corrected chi connectivity index (χ4v) is 3.31. The van der Waals surface area contributed by atoms with Crippen molar-refractivity contribution in [2.45, 2.75) is 20.1 Å². The van der Waals surface area contributed by atoms with Crippen molar-refractivity contribution in [2.24, 2.45) is 5.10 Å². The number of ether oxygens (including phenoxy) is 2. The number of carbonyl (C=O) groups is 1. The zero-order valence-corrected chi connectivity index (χ0v) is 20.0. The first-order chi connectivity index (χ1) is 17.0. The molecule has 0 atom stereocenters. The summed E-state index contributed by atoms with van der Waals surface area (Å²) in [5, 5.41) is 4.74. The highest BCUT2D eigenvalue weighted by Crippen LogP contribution is 2.16. The number of hydrogen-bond acceptors (Lipinski definition) is 4. The van der Waals surface area contributed by atoms with E-state index in [1.807, 2.05) is 60.7 Å². The van der Waals surface area contributed by atoms with Crippen molar-refractivity contribution in [3.8, 4) is 11.5 Å². The van der Waals surface area contributed by atoms with E-state index in [0.29, 0.717) is 29.5 Å². The van der Waals surface area contributed by atoms with Crippen LogP contribution in [0.1, 0.15) is 32.6 Å². The fourth-order valence-electron chi connectivity index (χ4n) is 3.18. The summed E-state index contributed by atoms with van der Waals surface area (Å²) >= 11 is 5.90. The molecule has 1 amide bonds. The van der Waals surface area contributed by atoms with Crippen LogP contribution >= 0.6 is 11.6 Å². The molecule has 4 aromatic carbocycles. The first kappa shape index (κ1) is 24.0. The molecule has 176 valence electrons. The van der Waals surface area contributed by atoms with Crippen molar-refractivity contribution < 1.29 is 14.3 Å². The molecule has 0 aliphatic heterocycles. The highest BCUT2D eigenvalue weighted by Gasteiger charge is 2.05. The first-order valence-corrected chi connectivity index (χ1v) is 11.5. The van der Waals surface area contributed by atoms with Crippen LogP contribution in [0.2, 0.25) is 5.02 Å². The number of nitrogens with zero attached hydrogens (tertiary/aromatic N) is 1. The number of benzene rings is 4. The molecule has 0 aromatic heterocycles. The van der Waals surface area contributed by atoms with Gasteiger partial charge in [-0.15, -0.1) is 0 Å². The summed E-state index contributed by atoms with van der Waals surface area (Å²) in [4.78, 5) is 12.4. The zero-order valence-electron chi connectivity index (χ0n) is 19.3. The second-order valence-electron chi connectivity index (χ2n) is 7.98. The van der Waals surface area contributed by atoms with E-state index in [9.17, 15) is 4.79 Å². The number of aryl methyl sites for hydroxylation is 1. The topological polar surface area (TPSA) is 59.9 Å². The van der Waals surface area contributed by atoms with E-state index in [1.54, 1.807) is 30.5 Å². The summed E-state index contributed by atoms with van der Waals surface area (Å²) in [5.74, 6) is 1.14. The van der Waals surface area contributed by atoms with Crippen LogP contribution in [0.4, 0.5) is 0 Å². The maximum absolute atomic E-state index is 12.4. The third-order valence-corrected chi connectivity index (χ3v) is 5.47. The summed E-state index contributed by atoms with van der Waals surface area (Å²) in [6, 6.07) is 30.1. The molecule has 0 aliphatic carbocycles. The van der Waals surface area contributed by atoms with Gasteiger partial charge in [0.15, 0.2) is 0 Å². The van der Waals surface area contributed by atoms with Crippen LogP contribution in [0, 0.1) is 6.92 Å². The quantitative estimate of drug-likeness (QED) is 0.216. The fraction of sp³-hybridized carbons (Fsp3) is 0.103. The minimum absolute atomic E-state index is 0.297. The minimum Gasteiger partial charge on any atom is -0.489 e. The molecule has 0 heterocycles. The smallest absolute Gasteiger partial charge is 0.271 e. The maximum atomic E-state index is 12.4. The Balaban J connectivity index is 1.23. The lowest BCUT2D eigenvalue weighted by atomic mass is 10.2. The van der Waals surface area contributed by atoms with Crippen molar-refractivity contribution in [3.63, 3.8) is 0 Å². The Morgan fingerprint density at radius 2 is 1.29 bits per heavy atom. The average molecular weight is 485 g/mol. The Bertz CT molecular complexity index is 1270. The zero-order chi connectivity index (χ0) is 24.5. The molecule has 6 heteroatoms. The van der Waals surface area contributed by atoms with Crippen LogP contribution in [0.3, 0.4) is 0 Å². The Labute approximate surface area is 210 Å². The molecule has 0 spiro atoms. The maximum Gasteiger partial charge on any atom is 0.271 e. The minimum atomic E-state index is -0.297. The largest absolute Gasteiger partial charge is 0.489 e. The molecule has 0 aliphatic rings. The predicted molar refractivity (Wildman–Crippen MR) is 139 cm³/mol. The van der Waals surface area contributed by atoms with E-state index in [-0.39, 0.29) is 5.91 Å².